The molecule has 0 aliphatic heterocycles. The molecule has 0 bridgehead atoms. The number of hydrogen-bond donors (Lipinski definition) is 1. The summed E-state index contributed by atoms with van der Waals surface area (Å²) in [6.07, 6.45) is 3.45. The molecule has 4 aromatic rings. The van der Waals surface area contributed by atoms with Gasteiger partial charge in [0.25, 0.3) is 5.91 Å². The predicted octanol–water partition coefficient (Wildman–Crippen LogP) is 5.39. The maximum absolute atomic E-state index is 12.8. The van der Waals surface area contributed by atoms with Crippen LogP contribution in [0.4, 0.5) is 0 Å². The highest BCUT2D eigenvalue weighted by molar-refractivity contribution is 7.13. The van der Waals surface area contributed by atoms with E-state index in [4.69, 9.17) is 5.10 Å². The Morgan fingerprint density at radius 2 is 1.81 bits per heavy atom. The van der Waals surface area contributed by atoms with E-state index in [0.717, 1.165) is 21.8 Å². The highest BCUT2D eigenvalue weighted by Crippen LogP contribution is 2.29. The topological polar surface area (TPSA) is 70.7 Å². The van der Waals surface area contributed by atoms with Gasteiger partial charge >= 0.3 is 0 Å². The molecular weight excluding hydrogens is 404 g/mol. The van der Waals surface area contributed by atoms with Crippen LogP contribution < -0.4 is 5.32 Å². The summed E-state index contributed by atoms with van der Waals surface area (Å²) in [5.41, 5.74) is 3.36. The molecule has 1 N–H and O–H groups in total. The van der Waals surface area contributed by atoms with E-state index in [9.17, 15) is 10.1 Å². The second-order valence-corrected chi connectivity index (χ2v) is 7.91. The molecule has 2 aromatic carbocycles. The molecule has 4 rings (SSSR count). The van der Waals surface area contributed by atoms with Crippen molar-refractivity contribution in [1.82, 2.24) is 15.1 Å². The molecule has 0 aliphatic carbocycles. The van der Waals surface area contributed by atoms with E-state index < -0.39 is 5.91 Å². The Balaban J connectivity index is 1.67. The molecule has 1 amide bonds. The van der Waals surface area contributed by atoms with Gasteiger partial charge in [0.1, 0.15) is 17.3 Å². The van der Waals surface area contributed by atoms with E-state index in [1.807, 2.05) is 97.4 Å². The number of para-hydroxylation sites is 1. The smallest absolute Gasteiger partial charge is 0.262 e. The minimum Gasteiger partial charge on any atom is -0.345 e. The van der Waals surface area contributed by atoms with Crippen molar-refractivity contribution >= 4 is 23.3 Å². The van der Waals surface area contributed by atoms with Gasteiger partial charge in [-0.3, -0.25) is 4.79 Å². The zero-order valence-corrected chi connectivity index (χ0v) is 17.7. The molecule has 0 fully saturated rings. The summed E-state index contributed by atoms with van der Waals surface area (Å²) in [6, 6.07) is 25.2. The van der Waals surface area contributed by atoms with Crippen LogP contribution in [0.1, 0.15) is 24.1 Å². The number of rotatable bonds is 6. The second kappa shape index (κ2) is 9.24. The molecule has 1 atom stereocenters. The SMILES string of the molecule is CC(NC(=O)C(C#N)=Cc1cn(-c2ccccc2)nc1-c1cccs1)c1ccccc1. The molecular formula is C25H20N4OS. The summed E-state index contributed by atoms with van der Waals surface area (Å²) in [7, 11) is 0. The van der Waals surface area contributed by atoms with E-state index >= 15 is 0 Å². The lowest BCUT2D eigenvalue weighted by Crippen LogP contribution is -2.27. The number of hydrogen-bond acceptors (Lipinski definition) is 4. The van der Waals surface area contributed by atoms with Gasteiger partial charge in [-0.1, -0.05) is 54.6 Å². The van der Waals surface area contributed by atoms with Crippen LogP contribution in [0, 0.1) is 11.3 Å². The van der Waals surface area contributed by atoms with Crippen molar-refractivity contribution in [3.8, 4) is 22.3 Å². The molecule has 0 spiro atoms. The van der Waals surface area contributed by atoms with E-state index in [2.05, 4.69) is 5.32 Å². The summed E-state index contributed by atoms with van der Waals surface area (Å²) in [6.45, 7) is 1.90. The van der Waals surface area contributed by atoms with Crippen molar-refractivity contribution < 1.29 is 4.79 Å². The molecule has 2 heterocycles. The van der Waals surface area contributed by atoms with Crippen molar-refractivity contribution in [1.29, 1.82) is 5.26 Å². The molecule has 0 saturated carbocycles. The van der Waals surface area contributed by atoms with Crippen LogP contribution in [-0.4, -0.2) is 15.7 Å². The molecule has 0 aliphatic rings. The number of amides is 1. The fourth-order valence-corrected chi connectivity index (χ4v) is 3.95. The fraction of sp³-hybridized carbons (Fsp3) is 0.0800. The van der Waals surface area contributed by atoms with Gasteiger partial charge in [-0.25, -0.2) is 4.68 Å². The molecule has 0 saturated heterocycles. The molecule has 152 valence electrons. The molecule has 5 nitrogen and oxygen atoms in total. The molecule has 0 radical (unpaired) electrons. The average Bonchev–Trinajstić information content (AvgIpc) is 3.48. The average molecular weight is 425 g/mol. The van der Waals surface area contributed by atoms with Crippen LogP contribution in [0.15, 0.2) is 89.9 Å². The zero-order valence-electron chi connectivity index (χ0n) is 16.9. The zero-order chi connectivity index (χ0) is 21.6. The molecule has 6 heteroatoms. The fourth-order valence-electron chi connectivity index (χ4n) is 3.21. The lowest BCUT2D eigenvalue weighted by Gasteiger charge is -2.13. The predicted molar refractivity (Wildman–Crippen MR) is 123 cm³/mol. The Morgan fingerprint density at radius 3 is 2.45 bits per heavy atom. The van der Waals surface area contributed by atoms with Gasteiger partial charge in [0.05, 0.1) is 16.6 Å². The van der Waals surface area contributed by atoms with Gasteiger partial charge in [-0.05, 0) is 42.1 Å². The van der Waals surface area contributed by atoms with Crippen LogP contribution in [-0.2, 0) is 4.79 Å². The highest BCUT2D eigenvalue weighted by Gasteiger charge is 2.17. The van der Waals surface area contributed by atoms with Crippen LogP contribution in [0.2, 0.25) is 0 Å². The maximum atomic E-state index is 12.8. The van der Waals surface area contributed by atoms with E-state index in [1.165, 1.54) is 0 Å². The van der Waals surface area contributed by atoms with Crippen molar-refractivity contribution in [3.63, 3.8) is 0 Å². The number of carbonyl (C=O) groups is 1. The standard InChI is InChI=1S/C25H20N4OS/c1-18(19-9-4-2-5-10-19)27-25(30)20(16-26)15-21-17-29(22-11-6-3-7-12-22)28-24(21)23-13-8-14-31-23/h2-15,17-18H,1H3,(H,27,30). The van der Waals surface area contributed by atoms with Crippen molar-refractivity contribution in [2.45, 2.75) is 13.0 Å². The quantitative estimate of drug-likeness (QED) is 0.333. The van der Waals surface area contributed by atoms with Crippen molar-refractivity contribution in [3.05, 3.63) is 101 Å². The Bertz CT molecular complexity index is 1240. The summed E-state index contributed by atoms with van der Waals surface area (Å²) in [5.74, 6) is -0.413. The van der Waals surface area contributed by atoms with Crippen LogP contribution in [0.5, 0.6) is 0 Å². The largest absolute Gasteiger partial charge is 0.345 e. The minimum absolute atomic E-state index is 0.0354. The first-order valence-corrected chi connectivity index (χ1v) is 10.7. The monoisotopic (exact) mass is 424 g/mol. The lowest BCUT2D eigenvalue weighted by atomic mass is 10.1. The third-order valence-corrected chi connectivity index (χ3v) is 5.71. The third-order valence-electron chi connectivity index (χ3n) is 4.83. The van der Waals surface area contributed by atoms with Crippen LogP contribution in [0.25, 0.3) is 22.3 Å². The van der Waals surface area contributed by atoms with Crippen LogP contribution in [0.3, 0.4) is 0 Å². The van der Waals surface area contributed by atoms with Crippen molar-refractivity contribution in [2.24, 2.45) is 0 Å². The lowest BCUT2D eigenvalue weighted by molar-refractivity contribution is -0.117. The van der Waals surface area contributed by atoms with E-state index in [-0.39, 0.29) is 11.6 Å². The summed E-state index contributed by atoms with van der Waals surface area (Å²) in [4.78, 5) is 13.8. The maximum Gasteiger partial charge on any atom is 0.262 e. The normalized spacial score (nSPS) is 12.2. The number of nitrogens with one attached hydrogen (secondary N) is 1. The molecule has 1 unspecified atom stereocenters. The number of carbonyl (C=O) groups excluding carboxylic acids is 1. The van der Waals surface area contributed by atoms with E-state index in [1.54, 1.807) is 22.1 Å². The van der Waals surface area contributed by atoms with Gasteiger partial charge < -0.3 is 5.32 Å². The minimum atomic E-state index is -0.413. The first-order valence-electron chi connectivity index (χ1n) is 9.82. The Hall–Kier alpha value is -3.95. The first-order chi connectivity index (χ1) is 15.2. The number of nitrogens with zero attached hydrogens (tertiary/aromatic N) is 3. The number of benzene rings is 2. The number of nitriles is 1. The van der Waals surface area contributed by atoms with Gasteiger partial charge in [0.2, 0.25) is 0 Å². The molecule has 31 heavy (non-hydrogen) atoms. The first kappa shape index (κ1) is 20.3. The third kappa shape index (κ3) is 4.63. The Labute approximate surface area is 184 Å². The second-order valence-electron chi connectivity index (χ2n) is 6.97. The Morgan fingerprint density at radius 1 is 1.10 bits per heavy atom. The van der Waals surface area contributed by atoms with Gasteiger partial charge in [-0.2, -0.15) is 10.4 Å². The van der Waals surface area contributed by atoms with Gasteiger partial charge in [0, 0.05) is 11.8 Å². The Kier molecular flexibility index (Phi) is 6.06. The van der Waals surface area contributed by atoms with Gasteiger partial charge in [-0.15, -0.1) is 11.3 Å². The number of aromatic nitrogens is 2. The van der Waals surface area contributed by atoms with E-state index in [0.29, 0.717) is 5.56 Å². The molecule has 2 aromatic heterocycles. The summed E-state index contributed by atoms with van der Waals surface area (Å²) in [5, 5.41) is 19.3. The summed E-state index contributed by atoms with van der Waals surface area (Å²) >= 11 is 1.56. The van der Waals surface area contributed by atoms with Crippen molar-refractivity contribution in [2.75, 3.05) is 0 Å². The van der Waals surface area contributed by atoms with Crippen LogP contribution >= 0.6 is 11.3 Å². The summed E-state index contributed by atoms with van der Waals surface area (Å²) < 4.78 is 1.76. The highest BCUT2D eigenvalue weighted by atomic mass is 32.1. The van der Waals surface area contributed by atoms with Gasteiger partial charge in [0.15, 0.2) is 0 Å². The number of thiophene rings is 1.